The molecule has 3 aromatic rings. The van der Waals surface area contributed by atoms with E-state index in [4.69, 9.17) is 16.3 Å². The van der Waals surface area contributed by atoms with Crippen LogP contribution in [-0.2, 0) is 21.2 Å². The molecule has 0 aliphatic rings. The molecule has 0 radical (unpaired) electrons. The number of nitrogens with one attached hydrogen (secondary N) is 1. The standard InChI is InChI=1S/C21H21ClN4O6S/c1-13(12-25-14(2)8-20(24-25)26(28)29)21(27)23-16-9-17(32-3)11-19(10-16)33(30,31)18-6-4-15(22)5-7-18/h4-11,13H,12H2,1-3H3,(H,23,27). The Labute approximate surface area is 195 Å². The third-order valence-electron chi connectivity index (χ3n) is 4.87. The average Bonchev–Trinajstić information content (AvgIpc) is 3.14. The molecule has 3 rings (SSSR count). The highest BCUT2D eigenvalue weighted by atomic mass is 35.5. The van der Waals surface area contributed by atoms with Gasteiger partial charge < -0.3 is 20.2 Å². The van der Waals surface area contributed by atoms with Crippen LogP contribution in [0.4, 0.5) is 11.5 Å². The molecular weight excluding hydrogens is 472 g/mol. The number of hydrogen-bond acceptors (Lipinski definition) is 7. The normalized spacial score (nSPS) is 12.2. The number of amides is 1. The summed E-state index contributed by atoms with van der Waals surface area (Å²) in [5.41, 5.74) is 0.765. The Morgan fingerprint density at radius 1 is 1.21 bits per heavy atom. The number of rotatable bonds is 8. The highest BCUT2D eigenvalue weighted by molar-refractivity contribution is 7.91. The number of aromatic nitrogens is 2. The van der Waals surface area contributed by atoms with Gasteiger partial charge in [0.05, 0.1) is 46.2 Å². The molecule has 12 heteroatoms. The third-order valence-corrected chi connectivity index (χ3v) is 6.87. The first kappa shape index (κ1) is 24.2. The van der Waals surface area contributed by atoms with Gasteiger partial charge in [0.25, 0.3) is 0 Å². The fourth-order valence-corrected chi connectivity index (χ4v) is 4.49. The Morgan fingerprint density at radius 3 is 2.45 bits per heavy atom. The van der Waals surface area contributed by atoms with Gasteiger partial charge in [-0.3, -0.25) is 4.79 Å². The number of anilines is 1. The topological polar surface area (TPSA) is 133 Å². The van der Waals surface area contributed by atoms with Crippen LogP contribution in [0.5, 0.6) is 5.75 Å². The Hall–Kier alpha value is -3.44. The van der Waals surface area contributed by atoms with Gasteiger partial charge in [-0.15, -0.1) is 0 Å². The molecule has 0 saturated carbocycles. The largest absolute Gasteiger partial charge is 0.497 e. The predicted molar refractivity (Wildman–Crippen MR) is 121 cm³/mol. The van der Waals surface area contributed by atoms with E-state index in [9.17, 15) is 23.3 Å². The summed E-state index contributed by atoms with van der Waals surface area (Å²) in [6.45, 7) is 3.39. The molecule has 1 amide bonds. The minimum Gasteiger partial charge on any atom is -0.497 e. The molecule has 1 atom stereocenters. The van der Waals surface area contributed by atoms with E-state index in [2.05, 4.69) is 10.4 Å². The molecule has 1 aromatic heterocycles. The number of benzene rings is 2. The van der Waals surface area contributed by atoms with Crippen molar-refractivity contribution in [2.45, 2.75) is 30.2 Å². The van der Waals surface area contributed by atoms with Crippen molar-refractivity contribution in [2.75, 3.05) is 12.4 Å². The molecular formula is C21H21ClN4O6S. The van der Waals surface area contributed by atoms with Crippen LogP contribution in [0.25, 0.3) is 0 Å². The number of nitrogens with zero attached hydrogens (tertiary/aromatic N) is 3. The fourth-order valence-electron chi connectivity index (χ4n) is 3.04. The van der Waals surface area contributed by atoms with Crippen molar-refractivity contribution in [2.24, 2.45) is 5.92 Å². The number of carbonyl (C=O) groups is 1. The molecule has 2 aromatic carbocycles. The summed E-state index contributed by atoms with van der Waals surface area (Å²) >= 11 is 5.85. The Kier molecular flexibility index (Phi) is 7.04. The molecule has 33 heavy (non-hydrogen) atoms. The molecule has 10 nitrogen and oxygen atoms in total. The van der Waals surface area contributed by atoms with E-state index in [1.165, 1.54) is 60.3 Å². The lowest BCUT2D eigenvalue weighted by Gasteiger charge is -2.14. The van der Waals surface area contributed by atoms with E-state index >= 15 is 0 Å². The van der Waals surface area contributed by atoms with Crippen LogP contribution in [0, 0.1) is 23.0 Å². The van der Waals surface area contributed by atoms with E-state index in [1.807, 2.05) is 0 Å². The molecule has 0 bridgehead atoms. The second-order valence-corrected chi connectivity index (χ2v) is 9.71. The number of ether oxygens (including phenoxy) is 1. The molecule has 1 heterocycles. The lowest BCUT2D eigenvalue weighted by Crippen LogP contribution is -2.25. The van der Waals surface area contributed by atoms with E-state index in [0.29, 0.717) is 10.7 Å². The maximum atomic E-state index is 13.0. The van der Waals surface area contributed by atoms with Crippen molar-refractivity contribution < 1.29 is 22.9 Å². The van der Waals surface area contributed by atoms with E-state index in [0.717, 1.165) is 0 Å². The van der Waals surface area contributed by atoms with Gasteiger partial charge in [0.1, 0.15) is 5.75 Å². The zero-order valence-corrected chi connectivity index (χ0v) is 19.6. The zero-order chi connectivity index (χ0) is 24.3. The number of methoxy groups -OCH3 is 1. The van der Waals surface area contributed by atoms with E-state index in [1.54, 1.807) is 13.8 Å². The van der Waals surface area contributed by atoms with Crippen molar-refractivity contribution in [3.8, 4) is 5.75 Å². The van der Waals surface area contributed by atoms with Crippen molar-refractivity contribution in [1.82, 2.24) is 9.78 Å². The first-order valence-corrected chi connectivity index (χ1v) is 11.6. The predicted octanol–water partition coefficient (Wildman–Crippen LogP) is 3.87. The van der Waals surface area contributed by atoms with Gasteiger partial charge in [0.15, 0.2) is 0 Å². The number of carbonyl (C=O) groups excluding carboxylic acids is 1. The van der Waals surface area contributed by atoms with Gasteiger partial charge in [-0.05, 0) is 48.2 Å². The van der Waals surface area contributed by atoms with Crippen LogP contribution >= 0.6 is 11.6 Å². The lowest BCUT2D eigenvalue weighted by atomic mass is 10.1. The molecule has 0 aliphatic heterocycles. The van der Waals surface area contributed by atoms with Crippen LogP contribution in [-0.4, -0.2) is 36.1 Å². The van der Waals surface area contributed by atoms with Crippen molar-refractivity contribution in [3.05, 3.63) is 69.4 Å². The number of hydrogen-bond donors (Lipinski definition) is 1. The fraction of sp³-hybridized carbons (Fsp3) is 0.238. The summed E-state index contributed by atoms with van der Waals surface area (Å²) in [6, 6.07) is 11.2. The first-order valence-electron chi connectivity index (χ1n) is 9.70. The summed E-state index contributed by atoms with van der Waals surface area (Å²) in [7, 11) is -2.51. The van der Waals surface area contributed by atoms with Gasteiger partial charge in [0.2, 0.25) is 15.7 Å². The average molecular weight is 493 g/mol. The molecule has 1 N–H and O–H groups in total. The second-order valence-electron chi connectivity index (χ2n) is 7.33. The minimum atomic E-state index is -3.89. The molecule has 0 saturated heterocycles. The van der Waals surface area contributed by atoms with Gasteiger partial charge in [-0.25, -0.2) is 8.42 Å². The quantitative estimate of drug-likeness (QED) is 0.372. The summed E-state index contributed by atoms with van der Waals surface area (Å²) < 4.78 is 32.7. The molecule has 174 valence electrons. The monoisotopic (exact) mass is 492 g/mol. The van der Waals surface area contributed by atoms with E-state index in [-0.39, 0.29) is 33.6 Å². The smallest absolute Gasteiger partial charge is 0.390 e. The van der Waals surface area contributed by atoms with Crippen LogP contribution in [0.1, 0.15) is 12.6 Å². The van der Waals surface area contributed by atoms with Crippen LogP contribution in [0.2, 0.25) is 5.02 Å². The van der Waals surface area contributed by atoms with Crippen LogP contribution in [0.3, 0.4) is 0 Å². The first-order chi connectivity index (χ1) is 15.5. The number of aryl methyl sites for hydroxylation is 1. The zero-order valence-electron chi connectivity index (χ0n) is 18.0. The Morgan fingerprint density at radius 2 is 1.88 bits per heavy atom. The van der Waals surface area contributed by atoms with Gasteiger partial charge in [0, 0.05) is 16.8 Å². The molecule has 1 unspecified atom stereocenters. The lowest BCUT2D eigenvalue weighted by molar-refractivity contribution is -0.389. The summed E-state index contributed by atoms with van der Waals surface area (Å²) in [6.07, 6.45) is 0. The number of halogens is 1. The maximum Gasteiger partial charge on any atom is 0.390 e. The van der Waals surface area contributed by atoms with Gasteiger partial charge in [-0.2, -0.15) is 4.68 Å². The summed E-state index contributed by atoms with van der Waals surface area (Å²) in [4.78, 5) is 23.0. The van der Waals surface area contributed by atoms with Crippen LogP contribution < -0.4 is 10.1 Å². The van der Waals surface area contributed by atoms with Gasteiger partial charge in [-0.1, -0.05) is 18.5 Å². The SMILES string of the molecule is COc1cc(NC(=O)C(C)Cn2nc([N+](=O)[O-])cc2C)cc(S(=O)(=O)c2ccc(Cl)cc2)c1. The minimum absolute atomic E-state index is 0.0431. The van der Waals surface area contributed by atoms with Crippen LogP contribution in [0.15, 0.2) is 58.3 Å². The van der Waals surface area contributed by atoms with Crippen molar-refractivity contribution in [1.29, 1.82) is 0 Å². The molecule has 0 aliphatic carbocycles. The van der Waals surface area contributed by atoms with Crippen molar-refractivity contribution in [3.63, 3.8) is 0 Å². The summed E-state index contributed by atoms with van der Waals surface area (Å²) in [5.74, 6) is -1.10. The highest BCUT2D eigenvalue weighted by Crippen LogP contribution is 2.29. The number of nitro groups is 1. The third kappa shape index (κ3) is 5.49. The second kappa shape index (κ2) is 9.59. The molecule has 0 spiro atoms. The van der Waals surface area contributed by atoms with Crippen molar-refractivity contribution >= 4 is 38.9 Å². The Balaban J connectivity index is 1.84. The Bertz CT molecular complexity index is 1300. The van der Waals surface area contributed by atoms with E-state index < -0.39 is 26.6 Å². The summed E-state index contributed by atoms with van der Waals surface area (Å²) in [5, 5.41) is 17.9. The maximum absolute atomic E-state index is 13.0. The number of sulfone groups is 1. The highest BCUT2D eigenvalue weighted by Gasteiger charge is 2.23. The van der Waals surface area contributed by atoms with Gasteiger partial charge >= 0.3 is 5.82 Å². The molecule has 0 fully saturated rings.